The molecule has 76 valence electrons. The van der Waals surface area contributed by atoms with E-state index < -0.39 is 0 Å². The van der Waals surface area contributed by atoms with Crippen molar-refractivity contribution in [2.24, 2.45) is 0 Å². The van der Waals surface area contributed by atoms with Crippen molar-refractivity contribution in [2.45, 2.75) is 18.9 Å². The topological polar surface area (TPSA) is 36.4 Å². The Kier molecular flexibility index (Phi) is 3.03. The van der Waals surface area contributed by atoms with Gasteiger partial charge in [0.05, 0.1) is 12.6 Å². The van der Waals surface area contributed by atoms with Crippen molar-refractivity contribution in [2.75, 3.05) is 18.1 Å². The molecule has 14 heavy (non-hydrogen) atoms. The number of nitrogens with zero attached hydrogens (tertiary/aromatic N) is 2. The van der Waals surface area contributed by atoms with Gasteiger partial charge in [0.15, 0.2) is 0 Å². The minimum Gasteiger partial charge on any atom is -0.394 e. The van der Waals surface area contributed by atoms with Gasteiger partial charge in [0.2, 0.25) is 0 Å². The predicted octanol–water partition coefficient (Wildman–Crippen LogP) is 1.81. The SMILES string of the molecule is OC[C@@H]1CCCN1c1cccc(Br)n1. The fourth-order valence-electron chi connectivity index (χ4n) is 1.88. The number of halogens is 1. The molecule has 0 aliphatic carbocycles. The Balaban J connectivity index is 2.21. The van der Waals surface area contributed by atoms with Crippen molar-refractivity contribution in [1.29, 1.82) is 0 Å². The molecule has 2 rings (SSSR count). The molecule has 2 heterocycles. The molecule has 1 fully saturated rings. The lowest BCUT2D eigenvalue weighted by Gasteiger charge is -2.23. The van der Waals surface area contributed by atoms with E-state index in [4.69, 9.17) is 0 Å². The zero-order valence-electron chi connectivity index (χ0n) is 7.86. The van der Waals surface area contributed by atoms with E-state index in [1.54, 1.807) is 0 Å². The van der Waals surface area contributed by atoms with Crippen LogP contribution in [0.25, 0.3) is 0 Å². The lowest BCUT2D eigenvalue weighted by atomic mass is 10.2. The molecule has 1 aliphatic heterocycles. The van der Waals surface area contributed by atoms with Crippen LogP contribution in [-0.2, 0) is 0 Å². The Morgan fingerprint density at radius 2 is 2.43 bits per heavy atom. The van der Waals surface area contributed by atoms with Gasteiger partial charge in [-0.1, -0.05) is 6.07 Å². The van der Waals surface area contributed by atoms with E-state index in [0.717, 1.165) is 29.8 Å². The summed E-state index contributed by atoms with van der Waals surface area (Å²) in [5, 5.41) is 9.19. The molecule has 0 unspecified atom stereocenters. The summed E-state index contributed by atoms with van der Waals surface area (Å²) in [5.74, 6) is 0.955. The van der Waals surface area contributed by atoms with Gasteiger partial charge in [0, 0.05) is 6.54 Å². The monoisotopic (exact) mass is 256 g/mol. The predicted molar refractivity (Wildman–Crippen MR) is 59.4 cm³/mol. The molecule has 1 N–H and O–H groups in total. The zero-order chi connectivity index (χ0) is 9.97. The van der Waals surface area contributed by atoms with Gasteiger partial charge in [0.1, 0.15) is 10.4 Å². The highest BCUT2D eigenvalue weighted by atomic mass is 79.9. The average molecular weight is 257 g/mol. The van der Waals surface area contributed by atoms with E-state index in [-0.39, 0.29) is 12.6 Å². The van der Waals surface area contributed by atoms with Gasteiger partial charge in [-0.3, -0.25) is 0 Å². The van der Waals surface area contributed by atoms with Crippen LogP contribution < -0.4 is 4.90 Å². The molecular formula is C10H13BrN2O. The standard InChI is InChI=1S/C10H13BrN2O/c11-9-4-1-5-10(12-9)13-6-2-3-8(13)7-14/h1,4-5,8,14H,2-3,6-7H2/t8-/m0/s1. The van der Waals surface area contributed by atoms with Crippen LogP contribution in [0.4, 0.5) is 5.82 Å². The summed E-state index contributed by atoms with van der Waals surface area (Å²) < 4.78 is 0.846. The molecule has 1 aromatic heterocycles. The third kappa shape index (κ3) is 1.91. The molecule has 0 aromatic carbocycles. The highest BCUT2D eigenvalue weighted by Crippen LogP contribution is 2.24. The Morgan fingerprint density at radius 1 is 1.57 bits per heavy atom. The third-order valence-corrected chi connectivity index (χ3v) is 3.02. The molecule has 0 radical (unpaired) electrons. The second kappa shape index (κ2) is 4.28. The highest BCUT2D eigenvalue weighted by Gasteiger charge is 2.24. The maximum Gasteiger partial charge on any atom is 0.130 e. The van der Waals surface area contributed by atoms with Gasteiger partial charge in [-0.15, -0.1) is 0 Å². The summed E-state index contributed by atoms with van der Waals surface area (Å²) in [6.45, 7) is 1.21. The first-order valence-electron chi connectivity index (χ1n) is 4.81. The van der Waals surface area contributed by atoms with Crippen LogP contribution in [0.5, 0.6) is 0 Å². The van der Waals surface area contributed by atoms with Crippen molar-refractivity contribution in [1.82, 2.24) is 4.98 Å². The smallest absolute Gasteiger partial charge is 0.130 e. The second-order valence-electron chi connectivity index (χ2n) is 3.49. The molecule has 4 heteroatoms. The number of pyridine rings is 1. The summed E-state index contributed by atoms with van der Waals surface area (Å²) in [4.78, 5) is 6.56. The van der Waals surface area contributed by atoms with Crippen molar-refractivity contribution in [3.05, 3.63) is 22.8 Å². The molecule has 1 atom stereocenters. The largest absolute Gasteiger partial charge is 0.394 e. The van der Waals surface area contributed by atoms with Gasteiger partial charge in [0.25, 0.3) is 0 Å². The van der Waals surface area contributed by atoms with E-state index in [0.29, 0.717) is 0 Å². The Hall–Kier alpha value is -0.610. The number of hydrogen-bond donors (Lipinski definition) is 1. The van der Waals surface area contributed by atoms with Crippen molar-refractivity contribution >= 4 is 21.7 Å². The molecular weight excluding hydrogens is 244 g/mol. The van der Waals surface area contributed by atoms with E-state index in [2.05, 4.69) is 25.8 Å². The molecule has 0 saturated carbocycles. The van der Waals surface area contributed by atoms with Gasteiger partial charge in [-0.05, 0) is 40.9 Å². The lowest BCUT2D eigenvalue weighted by molar-refractivity contribution is 0.266. The van der Waals surface area contributed by atoms with Crippen molar-refractivity contribution < 1.29 is 5.11 Å². The van der Waals surface area contributed by atoms with Crippen LogP contribution in [0.15, 0.2) is 22.8 Å². The van der Waals surface area contributed by atoms with Gasteiger partial charge >= 0.3 is 0 Å². The molecule has 1 aliphatic rings. The zero-order valence-corrected chi connectivity index (χ0v) is 9.44. The Morgan fingerprint density at radius 3 is 3.14 bits per heavy atom. The van der Waals surface area contributed by atoms with E-state index in [1.807, 2.05) is 18.2 Å². The summed E-state index contributed by atoms with van der Waals surface area (Å²) in [6, 6.07) is 6.11. The maximum absolute atomic E-state index is 9.19. The highest BCUT2D eigenvalue weighted by molar-refractivity contribution is 9.10. The molecule has 0 amide bonds. The van der Waals surface area contributed by atoms with Crippen LogP contribution in [0.2, 0.25) is 0 Å². The second-order valence-corrected chi connectivity index (χ2v) is 4.30. The molecule has 1 saturated heterocycles. The number of aliphatic hydroxyl groups excluding tert-OH is 1. The van der Waals surface area contributed by atoms with Crippen LogP contribution in [0.3, 0.4) is 0 Å². The summed E-state index contributed by atoms with van der Waals surface area (Å²) >= 11 is 3.35. The minimum atomic E-state index is 0.216. The fraction of sp³-hybridized carbons (Fsp3) is 0.500. The van der Waals surface area contributed by atoms with E-state index >= 15 is 0 Å². The molecule has 0 spiro atoms. The first-order valence-corrected chi connectivity index (χ1v) is 5.60. The fourth-order valence-corrected chi connectivity index (χ4v) is 2.22. The number of aliphatic hydroxyl groups is 1. The van der Waals surface area contributed by atoms with Crippen LogP contribution in [0, 0.1) is 0 Å². The van der Waals surface area contributed by atoms with Gasteiger partial charge in [-0.2, -0.15) is 0 Å². The van der Waals surface area contributed by atoms with E-state index in [9.17, 15) is 5.11 Å². The Labute approximate surface area is 91.9 Å². The van der Waals surface area contributed by atoms with Crippen molar-refractivity contribution in [3.8, 4) is 0 Å². The normalized spacial score (nSPS) is 21.6. The number of hydrogen-bond acceptors (Lipinski definition) is 3. The Bertz CT molecular complexity index is 319. The third-order valence-electron chi connectivity index (χ3n) is 2.58. The number of rotatable bonds is 2. The number of anilines is 1. The molecule has 0 bridgehead atoms. The lowest BCUT2D eigenvalue weighted by Crippen LogP contribution is -2.32. The number of aromatic nitrogens is 1. The average Bonchev–Trinajstić information content (AvgIpc) is 2.65. The van der Waals surface area contributed by atoms with Crippen LogP contribution >= 0.6 is 15.9 Å². The van der Waals surface area contributed by atoms with Gasteiger partial charge in [-0.25, -0.2) is 4.98 Å². The van der Waals surface area contributed by atoms with Crippen molar-refractivity contribution in [3.63, 3.8) is 0 Å². The summed E-state index contributed by atoms with van der Waals surface area (Å²) in [6.07, 6.45) is 2.20. The van der Waals surface area contributed by atoms with Crippen LogP contribution in [0.1, 0.15) is 12.8 Å². The molecule has 3 nitrogen and oxygen atoms in total. The molecule has 1 aromatic rings. The summed E-state index contributed by atoms with van der Waals surface area (Å²) in [5.41, 5.74) is 0. The van der Waals surface area contributed by atoms with E-state index in [1.165, 1.54) is 0 Å². The van der Waals surface area contributed by atoms with Crippen LogP contribution in [-0.4, -0.2) is 29.3 Å². The first-order chi connectivity index (χ1) is 6.81. The quantitative estimate of drug-likeness (QED) is 0.821. The summed E-state index contributed by atoms with van der Waals surface area (Å²) in [7, 11) is 0. The maximum atomic E-state index is 9.19. The van der Waals surface area contributed by atoms with Gasteiger partial charge < -0.3 is 10.0 Å². The minimum absolute atomic E-state index is 0.216. The first kappa shape index (κ1) is 9.93.